The van der Waals surface area contributed by atoms with Crippen LogP contribution in [-0.4, -0.2) is 36.0 Å². The summed E-state index contributed by atoms with van der Waals surface area (Å²) in [6.45, 7) is 6.37. The van der Waals surface area contributed by atoms with Crippen molar-refractivity contribution in [1.82, 2.24) is 10.2 Å². The van der Waals surface area contributed by atoms with Gasteiger partial charge in [-0.2, -0.15) is 0 Å². The zero-order valence-corrected chi connectivity index (χ0v) is 9.83. The molecule has 2 unspecified atom stereocenters. The molecule has 3 heteroatoms. The molecule has 0 aromatic carbocycles. The first kappa shape index (κ1) is 10.9. The van der Waals surface area contributed by atoms with Gasteiger partial charge in [0.2, 0.25) is 5.91 Å². The normalized spacial score (nSPS) is 36.9. The maximum atomic E-state index is 12.2. The molecule has 2 rings (SSSR count). The van der Waals surface area contributed by atoms with Crippen LogP contribution in [0.5, 0.6) is 0 Å². The first-order valence-electron chi connectivity index (χ1n) is 6.22. The van der Waals surface area contributed by atoms with Gasteiger partial charge in [-0.15, -0.1) is 0 Å². The van der Waals surface area contributed by atoms with E-state index in [0.717, 1.165) is 19.5 Å². The van der Waals surface area contributed by atoms with E-state index in [1.165, 1.54) is 19.3 Å². The van der Waals surface area contributed by atoms with Crippen molar-refractivity contribution in [2.75, 3.05) is 13.1 Å². The minimum atomic E-state index is 0.103. The molecule has 1 N–H and O–H groups in total. The summed E-state index contributed by atoms with van der Waals surface area (Å²) in [7, 11) is 0. The van der Waals surface area contributed by atoms with E-state index in [9.17, 15) is 4.79 Å². The Morgan fingerprint density at radius 3 is 2.67 bits per heavy atom. The smallest absolute Gasteiger partial charge is 0.239 e. The van der Waals surface area contributed by atoms with Crippen molar-refractivity contribution in [2.24, 2.45) is 5.92 Å². The van der Waals surface area contributed by atoms with E-state index in [1.54, 1.807) is 0 Å². The maximum absolute atomic E-state index is 12.2. The lowest BCUT2D eigenvalue weighted by Gasteiger charge is -2.29. The fourth-order valence-electron chi connectivity index (χ4n) is 2.87. The quantitative estimate of drug-likeness (QED) is 0.709. The van der Waals surface area contributed by atoms with Crippen LogP contribution in [0.3, 0.4) is 0 Å². The molecular weight excluding hydrogens is 188 g/mol. The molecule has 86 valence electrons. The number of rotatable bonds is 1. The Kier molecular flexibility index (Phi) is 3.29. The number of piperidine rings is 1. The average molecular weight is 210 g/mol. The fraction of sp³-hybridized carbons (Fsp3) is 0.917. The highest BCUT2D eigenvalue weighted by Gasteiger charge is 2.33. The summed E-state index contributed by atoms with van der Waals surface area (Å²) in [6.07, 6.45) is 4.60. The molecule has 0 aromatic rings. The van der Waals surface area contributed by atoms with Crippen LogP contribution in [0, 0.1) is 5.92 Å². The molecule has 2 aliphatic heterocycles. The van der Waals surface area contributed by atoms with Crippen LogP contribution in [0.1, 0.15) is 39.5 Å². The first-order chi connectivity index (χ1) is 7.18. The summed E-state index contributed by atoms with van der Waals surface area (Å²) in [5, 5.41) is 3.34. The topological polar surface area (TPSA) is 32.3 Å². The molecule has 0 bridgehead atoms. The van der Waals surface area contributed by atoms with Gasteiger partial charge in [0, 0.05) is 12.6 Å². The Bertz CT molecular complexity index is 236. The van der Waals surface area contributed by atoms with Crippen LogP contribution in [0.25, 0.3) is 0 Å². The van der Waals surface area contributed by atoms with E-state index in [1.807, 2.05) is 0 Å². The zero-order chi connectivity index (χ0) is 10.8. The standard InChI is InChI=1S/C12H22N2O/c1-9-7-10(2)14(8-9)12(15)11-5-3-4-6-13-11/h9-11,13H,3-8H2,1-2H3/t9?,10?,11-/m1/s1. The minimum absolute atomic E-state index is 0.103. The third-order valence-electron chi connectivity index (χ3n) is 3.68. The molecule has 2 aliphatic rings. The molecule has 0 radical (unpaired) electrons. The number of nitrogens with zero attached hydrogens (tertiary/aromatic N) is 1. The van der Waals surface area contributed by atoms with Gasteiger partial charge in [0.05, 0.1) is 6.04 Å². The van der Waals surface area contributed by atoms with E-state index >= 15 is 0 Å². The second kappa shape index (κ2) is 4.52. The average Bonchev–Trinajstić information content (AvgIpc) is 2.58. The van der Waals surface area contributed by atoms with Crippen molar-refractivity contribution in [2.45, 2.75) is 51.6 Å². The Labute approximate surface area is 92.2 Å². The predicted molar refractivity (Wildman–Crippen MR) is 60.6 cm³/mol. The van der Waals surface area contributed by atoms with Crippen LogP contribution in [0.4, 0.5) is 0 Å². The van der Waals surface area contributed by atoms with Gasteiger partial charge in [-0.25, -0.2) is 0 Å². The molecule has 1 amide bonds. The summed E-state index contributed by atoms with van der Waals surface area (Å²) in [5.41, 5.74) is 0. The van der Waals surface area contributed by atoms with E-state index in [4.69, 9.17) is 0 Å². The molecule has 15 heavy (non-hydrogen) atoms. The fourth-order valence-corrected chi connectivity index (χ4v) is 2.87. The van der Waals surface area contributed by atoms with Gasteiger partial charge < -0.3 is 10.2 Å². The Morgan fingerprint density at radius 1 is 1.33 bits per heavy atom. The highest BCUT2D eigenvalue weighted by atomic mass is 16.2. The van der Waals surface area contributed by atoms with E-state index in [2.05, 4.69) is 24.1 Å². The molecule has 0 aliphatic carbocycles. The second-order valence-electron chi connectivity index (χ2n) is 5.18. The summed E-state index contributed by atoms with van der Waals surface area (Å²) in [6, 6.07) is 0.544. The SMILES string of the molecule is CC1CC(C)N(C(=O)[C@H]2CCCCN2)C1. The number of amides is 1. The van der Waals surface area contributed by atoms with Crippen LogP contribution in [0.2, 0.25) is 0 Å². The Hall–Kier alpha value is -0.570. The number of hydrogen-bond donors (Lipinski definition) is 1. The van der Waals surface area contributed by atoms with Crippen molar-refractivity contribution >= 4 is 5.91 Å². The van der Waals surface area contributed by atoms with Crippen molar-refractivity contribution in [3.05, 3.63) is 0 Å². The van der Waals surface area contributed by atoms with Crippen molar-refractivity contribution in [3.63, 3.8) is 0 Å². The van der Waals surface area contributed by atoms with Gasteiger partial charge in [-0.3, -0.25) is 4.79 Å². The van der Waals surface area contributed by atoms with Gasteiger partial charge in [0.25, 0.3) is 0 Å². The summed E-state index contributed by atoms with van der Waals surface area (Å²) in [5.74, 6) is 1.01. The predicted octanol–water partition coefficient (Wildman–Crippen LogP) is 1.39. The maximum Gasteiger partial charge on any atom is 0.239 e. The van der Waals surface area contributed by atoms with Gasteiger partial charge in [0.15, 0.2) is 0 Å². The third kappa shape index (κ3) is 2.33. The summed E-state index contributed by atoms with van der Waals surface area (Å²) >= 11 is 0. The number of carbonyl (C=O) groups is 1. The molecular formula is C12H22N2O. The van der Waals surface area contributed by atoms with Crippen LogP contribution >= 0.6 is 0 Å². The molecule has 3 atom stereocenters. The second-order valence-corrected chi connectivity index (χ2v) is 5.18. The van der Waals surface area contributed by atoms with Crippen LogP contribution < -0.4 is 5.32 Å². The molecule has 2 saturated heterocycles. The van der Waals surface area contributed by atoms with Gasteiger partial charge >= 0.3 is 0 Å². The number of hydrogen-bond acceptors (Lipinski definition) is 2. The Balaban J connectivity index is 1.94. The zero-order valence-electron chi connectivity index (χ0n) is 9.83. The Morgan fingerprint density at radius 2 is 2.13 bits per heavy atom. The van der Waals surface area contributed by atoms with Gasteiger partial charge in [-0.1, -0.05) is 13.3 Å². The third-order valence-corrected chi connectivity index (χ3v) is 3.68. The number of likely N-dealkylation sites (tertiary alicyclic amines) is 1. The molecule has 2 heterocycles. The summed E-state index contributed by atoms with van der Waals surface area (Å²) < 4.78 is 0. The van der Waals surface area contributed by atoms with Crippen LogP contribution in [-0.2, 0) is 4.79 Å². The molecule has 0 spiro atoms. The van der Waals surface area contributed by atoms with E-state index in [0.29, 0.717) is 17.9 Å². The molecule has 0 aromatic heterocycles. The monoisotopic (exact) mass is 210 g/mol. The molecule has 3 nitrogen and oxygen atoms in total. The largest absolute Gasteiger partial charge is 0.338 e. The van der Waals surface area contributed by atoms with Crippen LogP contribution in [0.15, 0.2) is 0 Å². The van der Waals surface area contributed by atoms with E-state index < -0.39 is 0 Å². The van der Waals surface area contributed by atoms with Gasteiger partial charge in [-0.05, 0) is 38.6 Å². The van der Waals surface area contributed by atoms with Gasteiger partial charge in [0.1, 0.15) is 0 Å². The molecule has 2 fully saturated rings. The number of nitrogens with one attached hydrogen (secondary N) is 1. The number of carbonyl (C=O) groups excluding carboxylic acids is 1. The lowest BCUT2D eigenvalue weighted by molar-refractivity contribution is -0.134. The summed E-state index contributed by atoms with van der Waals surface area (Å²) in [4.78, 5) is 14.3. The van der Waals surface area contributed by atoms with Crippen molar-refractivity contribution in [1.29, 1.82) is 0 Å². The minimum Gasteiger partial charge on any atom is -0.338 e. The highest BCUT2D eigenvalue weighted by molar-refractivity contribution is 5.82. The van der Waals surface area contributed by atoms with Crippen molar-refractivity contribution in [3.8, 4) is 0 Å². The molecule has 0 saturated carbocycles. The lowest BCUT2D eigenvalue weighted by Crippen LogP contribution is -2.49. The highest BCUT2D eigenvalue weighted by Crippen LogP contribution is 2.24. The lowest BCUT2D eigenvalue weighted by atomic mass is 10.0. The first-order valence-corrected chi connectivity index (χ1v) is 6.22. The van der Waals surface area contributed by atoms with E-state index in [-0.39, 0.29) is 6.04 Å². The van der Waals surface area contributed by atoms with Crippen molar-refractivity contribution < 1.29 is 4.79 Å².